The van der Waals surface area contributed by atoms with Crippen molar-refractivity contribution in [2.24, 2.45) is 5.14 Å². The van der Waals surface area contributed by atoms with E-state index < -0.39 is 14.8 Å². The molecule has 76 valence electrons. The fourth-order valence-electron chi connectivity index (χ4n) is 1.51. The van der Waals surface area contributed by atoms with Crippen molar-refractivity contribution in [3.63, 3.8) is 0 Å². The summed E-state index contributed by atoms with van der Waals surface area (Å²) in [5, 5.41) is 5.19. The Morgan fingerprint density at radius 3 is 2.50 bits per heavy atom. The van der Waals surface area contributed by atoms with Crippen molar-refractivity contribution in [3.8, 4) is 0 Å². The monoisotopic (exact) mass is 276 g/mol. The summed E-state index contributed by atoms with van der Waals surface area (Å²) in [6.45, 7) is 0. The van der Waals surface area contributed by atoms with E-state index in [9.17, 15) is 8.42 Å². The molecule has 0 bridgehead atoms. The van der Waals surface area contributed by atoms with Gasteiger partial charge in [-0.1, -0.05) is 0 Å². The molecule has 0 atom stereocenters. The summed E-state index contributed by atoms with van der Waals surface area (Å²) in [5.74, 6) is 0. The number of nitrogens with zero attached hydrogens (tertiary/aromatic N) is 1. The maximum absolute atomic E-state index is 11.4. The molecule has 0 aliphatic heterocycles. The summed E-state index contributed by atoms with van der Waals surface area (Å²) in [6, 6.07) is 1.75. The van der Waals surface area contributed by atoms with Crippen LogP contribution in [0.4, 0.5) is 0 Å². The molecule has 6 heteroatoms. The van der Waals surface area contributed by atoms with Crippen LogP contribution < -0.4 is 5.14 Å². The van der Waals surface area contributed by atoms with E-state index in [4.69, 9.17) is 5.14 Å². The number of aromatic nitrogens is 1. The second-order valence-corrected chi connectivity index (χ2v) is 6.22. The second-order valence-electron chi connectivity index (χ2n) is 3.43. The molecule has 14 heavy (non-hydrogen) atoms. The lowest BCUT2D eigenvalue weighted by atomic mass is 10.2. The summed E-state index contributed by atoms with van der Waals surface area (Å²) in [5.41, 5.74) is 0.675. The number of halogens is 1. The molecule has 0 spiro atoms. The normalized spacial score (nSPS) is 19.3. The third-order valence-corrected chi connectivity index (χ3v) is 4.65. The van der Waals surface area contributed by atoms with E-state index in [0.717, 1.165) is 4.47 Å². The molecule has 2 N–H and O–H groups in total. The summed E-state index contributed by atoms with van der Waals surface area (Å²) in [6.07, 6.45) is 4.35. The lowest BCUT2D eigenvalue weighted by Gasteiger charge is -2.12. The molecule has 1 heterocycles. The molecule has 1 aromatic rings. The van der Waals surface area contributed by atoms with Crippen LogP contribution in [0, 0.1) is 0 Å². The van der Waals surface area contributed by atoms with Crippen molar-refractivity contribution in [3.05, 3.63) is 28.5 Å². The van der Waals surface area contributed by atoms with E-state index in [-0.39, 0.29) is 0 Å². The maximum atomic E-state index is 11.4. The lowest BCUT2D eigenvalue weighted by molar-refractivity contribution is 0.581. The Morgan fingerprint density at radius 1 is 1.43 bits per heavy atom. The molecule has 0 amide bonds. The van der Waals surface area contributed by atoms with Crippen LogP contribution in [0.2, 0.25) is 0 Å². The van der Waals surface area contributed by atoms with Crippen molar-refractivity contribution in [1.82, 2.24) is 4.98 Å². The smallest absolute Gasteiger partial charge is 0.219 e. The number of sulfonamides is 1. The van der Waals surface area contributed by atoms with Gasteiger partial charge in [0.15, 0.2) is 0 Å². The first-order valence-electron chi connectivity index (χ1n) is 4.09. The Bertz CT molecular complexity index is 468. The van der Waals surface area contributed by atoms with Crippen LogP contribution in [0.1, 0.15) is 18.4 Å². The zero-order valence-electron chi connectivity index (χ0n) is 7.27. The highest BCUT2D eigenvalue weighted by atomic mass is 79.9. The second kappa shape index (κ2) is 3.01. The molecule has 1 aliphatic rings. The van der Waals surface area contributed by atoms with Crippen LogP contribution in [0.25, 0.3) is 0 Å². The van der Waals surface area contributed by atoms with Crippen LogP contribution in [-0.4, -0.2) is 13.4 Å². The third kappa shape index (κ3) is 1.47. The number of nitrogens with two attached hydrogens (primary N) is 1. The van der Waals surface area contributed by atoms with Crippen molar-refractivity contribution in [1.29, 1.82) is 0 Å². The minimum atomic E-state index is -3.52. The molecule has 1 aliphatic carbocycles. The van der Waals surface area contributed by atoms with Crippen LogP contribution in [0.3, 0.4) is 0 Å². The summed E-state index contributed by atoms with van der Waals surface area (Å²) in [4.78, 5) is 3.94. The highest BCUT2D eigenvalue weighted by Crippen LogP contribution is 2.51. The molecule has 2 rings (SSSR count). The standard InChI is InChI=1S/C8H9BrN2O2S/c9-7-3-6(4-11-5-7)8(1-2-8)14(10,12)13/h3-5H,1-2H2,(H2,10,12,13). The van der Waals surface area contributed by atoms with Gasteiger partial charge in [-0.3, -0.25) is 4.98 Å². The van der Waals surface area contributed by atoms with Crippen LogP contribution in [0.5, 0.6) is 0 Å². The highest BCUT2D eigenvalue weighted by Gasteiger charge is 2.54. The third-order valence-electron chi connectivity index (χ3n) is 2.48. The van der Waals surface area contributed by atoms with Gasteiger partial charge in [-0.25, -0.2) is 13.6 Å². The Labute approximate surface area is 90.7 Å². The fourth-order valence-corrected chi connectivity index (χ4v) is 2.99. The van der Waals surface area contributed by atoms with E-state index in [1.807, 2.05) is 0 Å². The molecule has 0 saturated heterocycles. The molecule has 1 aromatic heterocycles. The van der Waals surface area contributed by atoms with Gasteiger partial charge in [-0.05, 0) is 40.4 Å². The van der Waals surface area contributed by atoms with E-state index >= 15 is 0 Å². The van der Waals surface area contributed by atoms with Gasteiger partial charge in [0, 0.05) is 16.9 Å². The van der Waals surface area contributed by atoms with Gasteiger partial charge < -0.3 is 0 Å². The van der Waals surface area contributed by atoms with Gasteiger partial charge in [0.05, 0.1) is 0 Å². The minimum Gasteiger partial charge on any atom is -0.263 e. The predicted molar refractivity (Wildman–Crippen MR) is 56.0 cm³/mol. The summed E-state index contributed by atoms with van der Waals surface area (Å²) >= 11 is 3.25. The Hall–Kier alpha value is -0.460. The topological polar surface area (TPSA) is 73.1 Å². The molecule has 1 fully saturated rings. The Kier molecular flexibility index (Phi) is 2.17. The molecule has 4 nitrogen and oxygen atoms in total. The van der Waals surface area contributed by atoms with E-state index in [0.29, 0.717) is 18.4 Å². The van der Waals surface area contributed by atoms with Crippen molar-refractivity contribution < 1.29 is 8.42 Å². The molecular weight excluding hydrogens is 268 g/mol. The molecule has 0 radical (unpaired) electrons. The molecule has 1 saturated carbocycles. The van der Waals surface area contributed by atoms with Crippen LogP contribution in [-0.2, 0) is 14.8 Å². The van der Waals surface area contributed by atoms with Gasteiger partial charge in [0.2, 0.25) is 10.0 Å². The first-order chi connectivity index (χ1) is 6.46. The van der Waals surface area contributed by atoms with Crippen molar-refractivity contribution in [2.45, 2.75) is 17.6 Å². The maximum Gasteiger partial charge on any atom is 0.219 e. The quantitative estimate of drug-likeness (QED) is 0.880. The average Bonchev–Trinajstić information content (AvgIpc) is 2.82. The van der Waals surface area contributed by atoms with Gasteiger partial charge in [0.1, 0.15) is 4.75 Å². The SMILES string of the molecule is NS(=O)(=O)C1(c2cncc(Br)c2)CC1. The number of primary sulfonamides is 1. The van der Waals surface area contributed by atoms with E-state index in [1.54, 1.807) is 18.5 Å². The largest absolute Gasteiger partial charge is 0.263 e. The number of hydrogen-bond donors (Lipinski definition) is 1. The first kappa shape index (κ1) is 10.1. The average molecular weight is 277 g/mol. The number of rotatable bonds is 2. The number of pyridine rings is 1. The fraction of sp³-hybridized carbons (Fsp3) is 0.375. The van der Waals surface area contributed by atoms with Gasteiger partial charge in [-0.2, -0.15) is 0 Å². The zero-order valence-corrected chi connectivity index (χ0v) is 9.68. The summed E-state index contributed by atoms with van der Waals surface area (Å²) < 4.78 is 22.6. The minimum absolute atomic E-state index is 0.587. The van der Waals surface area contributed by atoms with Crippen LogP contribution in [0.15, 0.2) is 22.9 Å². The summed E-state index contributed by atoms with van der Waals surface area (Å²) in [7, 11) is -3.52. The Morgan fingerprint density at radius 2 is 2.07 bits per heavy atom. The van der Waals surface area contributed by atoms with E-state index in [2.05, 4.69) is 20.9 Å². The van der Waals surface area contributed by atoms with Gasteiger partial charge in [0.25, 0.3) is 0 Å². The van der Waals surface area contributed by atoms with Crippen LogP contribution >= 0.6 is 15.9 Å². The molecule has 0 aromatic carbocycles. The lowest BCUT2D eigenvalue weighted by Crippen LogP contribution is -2.28. The van der Waals surface area contributed by atoms with Gasteiger partial charge >= 0.3 is 0 Å². The van der Waals surface area contributed by atoms with Crippen molar-refractivity contribution >= 4 is 26.0 Å². The predicted octanol–water partition coefficient (Wildman–Crippen LogP) is 1.12. The van der Waals surface area contributed by atoms with E-state index in [1.165, 1.54) is 0 Å². The highest BCUT2D eigenvalue weighted by molar-refractivity contribution is 9.10. The number of hydrogen-bond acceptors (Lipinski definition) is 3. The van der Waals surface area contributed by atoms with Gasteiger partial charge in [-0.15, -0.1) is 0 Å². The van der Waals surface area contributed by atoms with Crippen molar-refractivity contribution in [2.75, 3.05) is 0 Å². The zero-order chi connectivity index (χ0) is 10.4. The molecule has 0 unspecified atom stereocenters. The Balaban J connectivity index is 2.51. The molecular formula is C8H9BrN2O2S. The first-order valence-corrected chi connectivity index (χ1v) is 6.43.